The molecular formula is C11H14N2. The van der Waals surface area contributed by atoms with E-state index in [9.17, 15) is 0 Å². The van der Waals surface area contributed by atoms with Gasteiger partial charge in [0.1, 0.15) is 5.82 Å². The molecular weight excluding hydrogens is 160 g/mol. The van der Waals surface area contributed by atoms with Gasteiger partial charge < -0.3 is 10.3 Å². The van der Waals surface area contributed by atoms with Gasteiger partial charge in [-0.1, -0.05) is 18.2 Å². The van der Waals surface area contributed by atoms with E-state index < -0.39 is 0 Å². The Morgan fingerprint density at radius 3 is 2.62 bits per heavy atom. The first kappa shape index (κ1) is 8.17. The molecule has 0 bridgehead atoms. The fourth-order valence-electron chi connectivity index (χ4n) is 1.75. The summed E-state index contributed by atoms with van der Waals surface area (Å²) in [6.45, 7) is 4.25. The maximum Gasteiger partial charge on any atom is 0.107 e. The quantitative estimate of drug-likeness (QED) is 0.683. The van der Waals surface area contributed by atoms with Crippen molar-refractivity contribution < 1.29 is 0 Å². The van der Waals surface area contributed by atoms with Crippen LogP contribution < -0.4 is 5.32 Å². The minimum atomic E-state index is 1.12. The maximum absolute atomic E-state index is 3.37. The van der Waals surface area contributed by atoms with Crippen LogP contribution in [0.5, 0.6) is 0 Å². The zero-order valence-electron chi connectivity index (χ0n) is 8.23. The highest BCUT2D eigenvalue weighted by molar-refractivity contribution is 5.90. The van der Waals surface area contributed by atoms with Crippen molar-refractivity contribution in [3.63, 3.8) is 0 Å². The largest absolute Gasteiger partial charge is 0.374 e. The third kappa shape index (κ3) is 1.10. The molecule has 0 atom stereocenters. The lowest BCUT2D eigenvalue weighted by Crippen LogP contribution is -1.88. The Morgan fingerprint density at radius 1 is 1.23 bits per heavy atom. The smallest absolute Gasteiger partial charge is 0.107 e. The Morgan fingerprint density at radius 2 is 2.00 bits per heavy atom. The number of H-pyrrole nitrogens is 1. The van der Waals surface area contributed by atoms with Crippen LogP contribution in [0, 0.1) is 13.8 Å². The molecule has 0 aliphatic carbocycles. The van der Waals surface area contributed by atoms with Crippen molar-refractivity contribution in [3.8, 4) is 0 Å². The molecule has 2 heteroatoms. The second-order valence-electron chi connectivity index (χ2n) is 3.37. The van der Waals surface area contributed by atoms with Crippen LogP contribution in [0.4, 0.5) is 5.82 Å². The summed E-state index contributed by atoms with van der Waals surface area (Å²) in [4.78, 5) is 3.37. The zero-order chi connectivity index (χ0) is 9.42. The van der Waals surface area contributed by atoms with Crippen molar-refractivity contribution in [2.45, 2.75) is 13.8 Å². The third-order valence-corrected chi connectivity index (χ3v) is 2.55. The van der Waals surface area contributed by atoms with Crippen LogP contribution in [0.15, 0.2) is 18.2 Å². The first-order valence-corrected chi connectivity index (χ1v) is 4.49. The Bertz CT molecular complexity index is 441. The molecule has 0 amide bonds. The average Bonchev–Trinajstić information content (AvgIpc) is 2.45. The lowest BCUT2D eigenvalue weighted by atomic mass is 10.1. The van der Waals surface area contributed by atoms with Crippen LogP contribution in [0.25, 0.3) is 10.9 Å². The van der Waals surface area contributed by atoms with Crippen LogP contribution in [0.2, 0.25) is 0 Å². The molecule has 0 saturated heterocycles. The molecule has 68 valence electrons. The van der Waals surface area contributed by atoms with Gasteiger partial charge in [-0.15, -0.1) is 0 Å². The van der Waals surface area contributed by atoms with E-state index in [-0.39, 0.29) is 0 Å². The van der Waals surface area contributed by atoms with Crippen molar-refractivity contribution in [2.24, 2.45) is 0 Å². The van der Waals surface area contributed by atoms with Crippen LogP contribution >= 0.6 is 0 Å². The molecule has 1 aromatic carbocycles. The average molecular weight is 174 g/mol. The molecule has 0 aliphatic heterocycles. The Balaban J connectivity index is 2.83. The monoisotopic (exact) mass is 174 g/mol. The molecule has 13 heavy (non-hydrogen) atoms. The van der Waals surface area contributed by atoms with Gasteiger partial charge in [-0.3, -0.25) is 0 Å². The number of benzene rings is 1. The number of anilines is 1. The highest BCUT2D eigenvalue weighted by Crippen LogP contribution is 2.26. The number of fused-ring (bicyclic) bond motifs is 1. The van der Waals surface area contributed by atoms with Crippen molar-refractivity contribution in [3.05, 3.63) is 29.3 Å². The summed E-state index contributed by atoms with van der Waals surface area (Å²) in [6, 6.07) is 6.37. The first-order valence-electron chi connectivity index (χ1n) is 4.49. The topological polar surface area (TPSA) is 27.8 Å². The molecule has 2 N–H and O–H groups in total. The molecule has 1 heterocycles. The molecule has 0 unspecified atom stereocenters. The molecule has 0 saturated carbocycles. The summed E-state index contributed by atoms with van der Waals surface area (Å²) < 4.78 is 0. The number of aryl methyl sites for hydroxylation is 2. The van der Waals surface area contributed by atoms with Gasteiger partial charge in [-0.05, 0) is 25.0 Å². The lowest BCUT2D eigenvalue weighted by Gasteiger charge is -1.94. The number of aromatic amines is 1. The molecule has 0 aliphatic rings. The lowest BCUT2D eigenvalue weighted by molar-refractivity contribution is 1.34. The minimum Gasteiger partial charge on any atom is -0.374 e. The summed E-state index contributed by atoms with van der Waals surface area (Å²) in [6.07, 6.45) is 0. The fraction of sp³-hybridized carbons (Fsp3) is 0.273. The van der Waals surface area contributed by atoms with Crippen LogP contribution in [-0.4, -0.2) is 12.0 Å². The van der Waals surface area contributed by atoms with E-state index in [4.69, 9.17) is 0 Å². The van der Waals surface area contributed by atoms with E-state index in [0.29, 0.717) is 0 Å². The van der Waals surface area contributed by atoms with Gasteiger partial charge in [0.25, 0.3) is 0 Å². The predicted octanol–water partition coefficient (Wildman–Crippen LogP) is 2.83. The summed E-state index contributed by atoms with van der Waals surface area (Å²) in [5, 5.41) is 4.47. The van der Waals surface area contributed by atoms with E-state index in [2.05, 4.69) is 42.3 Å². The van der Waals surface area contributed by atoms with E-state index in [1.165, 1.54) is 22.0 Å². The molecule has 0 spiro atoms. The van der Waals surface area contributed by atoms with E-state index >= 15 is 0 Å². The number of rotatable bonds is 1. The van der Waals surface area contributed by atoms with Crippen LogP contribution in [0.1, 0.15) is 11.1 Å². The van der Waals surface area contributed by atoms with E-state index in [1.54, 1.807) is 0 Å². The van der Waals surface area contributed by atoms with Crippen LogP contribution in [0.3, 0.4) is 0 Å². The summed E-state index contributed by atoms with van der Waals surface area (Å²) in [7, 11) is 1.94. The predicted molar refractivity (Wildman–Crippen MR) is 57.3 cm³/mol. The maximum atomic E-state index is 3.37. The highest BCUT2D eigenvalue weighted by atomic mass is 15.0. The van der Waals surface area contributed by atoms with Gasteiger partial charge in [0.2, 0.25) is 0 Å². The SMILES string of the molecule is CNc1[nH]c2c(C)cccc2c1C. The number of hydrogen-bond donors (Lipinski definition) is 2. The highest BCUT2D eigenvalue weighted by Gasteiger charge is 2.06. The summed E-state index contributed by atoms with van der Waals surface area (Å²) in [5.41, 5.74) is 3.83. The van der Waals surface area contributed by atoms with Gasteiger partial charge in [-0.25, -0.2) is 0 Å². The second-order valence-corrected chi connectivity index (χ2v) is 3.37. The molecule has 0 fully saturated rings. The Kier molecular flexibility index (Phi) is 1.76. The Hall–Kier alpha value is -1.44. The van der Waals surface area contributed by atoms with Crippen molar-refractivity contribution in [2.75, 3.05) is 12.4 Å². The summed E-state index contributed by atoms with van der Waals surface area (Å²) in [5.74, 6) is 1.12. The number of para-hydroxylation sites is 1. The van der Waals surface area contributed by atoms with Gasteiger partial charge in [0, 0.05) is 12.4 Å². The zero-order valence-corrected chi connectivity index (χ0v) is 8.23. The van der Waals surface area contributed by atoms with Crippen molar-refractivity contribution >= 4 is 16.7 Å². The fourth-order valence-corrected chi connectivity index (χ4v) is 1.75. The normalized spacial score (nSPS) is 10.7. The van der Waals surface area contributed by atoms with Gasteiger partial charge in [0.05, 0.1) is 5.52 Å². The van der Waals surface area contributed by atoms with Crippen molar-refractivity contribution in [1.29, 1.82) is 0 Å². The van der Waals surface area contributed by atoms with Gasteiger partial charge in [0.15, 0.2) is 0 Å². The molecule has 2 aromatic rings. The van der Waals surface area contributed by atoms with E-state index in [1.807, 2.05) is 7.05 Å². The van der Waals surface area contributed by atoms with Gasteiger partial charge >= 0.3 is 0 Å². The van der Waals surface area contributed by atoms with E-state index in [0.717, 1.165) is 5.82 Å². The van der Waals surface area contributed by atoms with Crippen LogP contribution in [-0.2, 0) is 0 Å². The number of nitrogens with one attached hydrogen (secondary N) is 2. The minimum absolute atomic E-state index is 1.12. The first-order chi connectivity index (χ1) is 6.24. The molecule has 2 nitrogen and oxygen atoms in total. The number of aromatic nitrogens is 1. The number of hydrogen-bond acceptors (Lipinski definition) is 1. The third-order valence-electron chi connectivity index (χ3n) is 2.55. The molecule has 2 rings (SSSR count). The summed E-state index contributed by atoms with van der Waals surface area (Å²) >= 11 is 0. The van der Waals surface area contributed by atoms with Crippen molar-refractivity contribution in [1.82, 2.24) is 4.98 Å². The molecule has 0 radical (unpaired) electrons. The second kappa shape index (κ2) is 2.80. The Labute approximate surface area is 78.0 Å². The van der Waals surface area contributed by atoms with Gasteiger partial charge in [-0.2, -0.15) is 0 Å². The standard InChI is InChI=1S/C11H14N2/c1-7-5-4-6-9-8(2)11(12-3)13-10(7)9/h4-6,12-13H,1-3H3. The molecule has 1 aromatic heterocycles.